The SMILES string of the molecule is Cc1cc(NC(=O)[C@H]2CC(=O)N(c3ccccc3C)C2)n(-c2nc(-c3ccccc3)cs2)n1. The number of hydrogen-bond acceptors (Lipinski definition) is 5. The third-order valence-corrected chi connectivity index (χ3v) is 6.54. The molecule has 166 valence electrons. The van der Waals surface area contributed by atoms with Crippen molar-refractivity contribution < 1.29 is 9.59 Å². The normalized spacial score (nSPS) is 15.8. The molecule has 1 aliphatic heterocycles. The highest BCUT2D eigenvalue weighted by molar-refractivity contribution is 7.12. The third-order valence-electron chi connectivity index (χ3n) is 5.73. The Labute approximate surface area is 195 Å². The van der Waals surface area contributed by atoms with Crippen LogP contribution >= 0.6 is 11.3 Å². The van der Waals surface area contributed by atoms with Gasteiger partial charge in [-0.1, -0.05) is 48.5 Å². The van der Waals surface area contributed by atoms with E-state index in [9.17, 15) is 9.59 Å². The fourth-order valence-corrected chi connectivity index (χ4v) is 4.84. The van der Waals surface area contributed by atoms with Crippen LogP contribution in [-0.4, -0.2) is 33.1 Å². The zero-order valence-corrected chi connectivity index (χ0v) is 19.2. The topological polar surface area (TPSA) is 80.1 Å². The molecular weight excluding hydrogens is 434 g/mol. The lowest BCUT2D eigenvalue weighted by Crippen LogP contribution is -2.29. The summed E-state index contributed by atoms with van der Waals surface area (Å²) in [5.41, 5.74) is 4.52. The molecule has 0 aliphatic carbocycles. The van der Waals surface area contributed by atoms with Crippen LogP contribution in [0.1, 0.15) is 17.7 Å². The molecule has 33 heavy (non-hydrogen) atoms. The number of para-hydroxylation sites is 1. The fourth-order valence-electron chi connectivity index (χ4n) is 4.05. The van der Waals surface area contributed by atoms with E-state index >= 15 is 0 Å². The monoisotopic (exact) mass is 457 g/mol. The number of carbonyl (C=O) groups is 2. The Morgan fingerprint density at radius 2 is 1.85 bits per heavy atom. The van der Waals surface area contributed by atoms with Gasteiger partial charge in [0.1, 0.15) is 5.82 Å². The predicted molar refractivity (Wildman–Crippen MR) is 130 cm³/mol. The van der Waals surface area contributed by atoms with Crippen molar-refractivity contribution in [2.24, 2.45) is 5.92 Å². The van der Waals surface area contributed by atoms with Crippen molar-refractivity contribution >= 4 is 34.7 Å². The van der Waals surface area contributed by atoms with Crippen molar-refractivity contribution in [2.75, 3.05) is 16.8 Å². The zero-order chi connectivity index (χ0) is 22.9. The lowest BCUT2D eigenvalue weighted by atomic mass is 10.1. The number of nitrogens with one attached hydrogen (secondary N) is 1. The molecule has 0 bridgehead atoms. The van der Waals surface area contributed by atoms with E-state index in [-0.39, 0.29) is 18.2 Å². The number of anilines is 2. The molecule has 8 heteroatoms. The van der Waals surface area contributed by atoms with Gasteiger partial charge in [-0.25, -0.2) is 4.98 Å². The van der Waals surface area contributed by atoms with Gasteiger partial charge in [-0.3, -0.25) is 9.59 Å². The maximum absolute atomic E-state index is 13.1. The molecule has 0 saturated carbocycles. The second-order valence-corrected chi connectivity index (χ2v) is 8.98. The van der Waals surface area contributed by atoms with Gasteiger partial charge in [-0.2, -0.15) is 9.78 Å². The first-order valence-electron chi connectivity index (χ1n) is 10.7. The summed E-state index contributed by atoms with van der Waals surface area (Å²) in [5.74, 6) is -0.118. The number of aromatic nitrogens is 3. The summed E-state index contributed by atoms with van der Waals surface area (Å²) in [6, 6.07) is 19.5. The maximum atomic E-state index is 13.1. The number of nitrogens with zero attached hydrogens (tertiary/aromatic N) is 4. The average molecular weight is 458 g/mol. The van der Waals surface area contributed by atoms with Gasteiger partial charge in [0, 0.05) is 35.7 Å². The highest BCUT2D eigenvalue weighted by Crippen LogP contribution is 2.30. The van der Waals surface area contributed by atoms with Gasteiger partial charge in [-0.05, 0) is 25.5 Å². The maximum Gasteiger partial charge on any atom is 0.230 e. The van der Waals surface area contributed by atoms with Crippen LogP contribution in [0.2, 0.25) is 0 Å². The summed E-state index contributed by atoms with van der Waals surface area (Å²) in [5, 5.41) is 10.1. The quantitative estimate of drug-likeness (QED) is 0.475. The molecule has 5 rings (SSSR count). The van der Waals surface area contributed by atoms with E-state index in [0.29, 0.717) is 17.5 Å². The second kappa shape index (κ2) is 8.63. The second-order valence-electron chi connectivity index (χ2n) is 8.15. The summed E-state index contributed by atoms with van der Waals surface area (Å²) in [6.07, 6.45) is 0.183. The minimum absolute atomic E-state index is 0.0402. The average Bonchev–Trinajstić information content (AvgIpc) is 3.53. The van der Waals surface area contributed by atoms with E-state index in [1.165, 1.54) is 11.3 Å². The molecule has 1 saturated heterocycles. The summed E-state index contributed by atoms with van der Waals surface area (Å²) < 4.78 is 1.65. The van der Waals surface area contributed by atoms with E-state index < -0.39 is 5.92 Å². The number of hydrogen-bond donors (Lipinski definition) is 1. The first-order chi connectivity index (χ1) is 16.0. The molecule has 2 amide bonds. The van der Waals surface area contributed by atoms with Crippen LogP contribution in [0.5, 0.6) is 0 Å². The van der Waals surface area contributed by atoms with Crippen molar-refractivity contribution in [3.8, 4) is 16.4 Å². The van der Waals surface area contributed by atoms with Crippen LogP contribution in [0.4, 0.5) is 11.5 Å². The fraction of sp³-hybridized carbons (Fsp3) is 0.200. The molecule has 1 atom stereocenters. The van der Waals surface area contributed by atoms with Crippen molar-refractivity contribution in [3.63, 3.8) is 0 Å². The summed E-state index contributed by atoms with van der Waals surface area (Å²) in [6.45, 7) is 4.20. The van der Waals surface area contributed by atoms with Crippen LogP contribution < -0.4 is 10.2 Å². The molecule has 0 radical (unpaired) electrons. The predicted octanol–water partition coefficient (Wildman–Crippen LogP) is 4.60. The van der Waals surface area contributed by atoms with Crippen LogP contribution in [-0.2, 0) is 9.59 Å². The van der Waals surface area contributed by atoms with Crippen molar-refractivity contribution in [1.82, 2.24) is 14.8 Å². The van der Waals surface area contributed by atoms with E-state index in [4.69, 9.17) is 4.98 Å². The number of amides is 2. The molecule has 1 fully saturated rings. The summed E-state index contributed by atoms with van der Waals surface area (Å²) in [4.78, 5) is 32.1. The van der Waals surface area contributed by atoms with Gasteiger partial charge in [0.25, 0.3) is 0 Å². The molecule has 3 heterocycles. The minimum Gasteiger partial charge on any atom is -0.311 e. The van der Waals surface area contributed by atoms with Crippen LogP contribution in [0.15, 0.2) is 66.0 Å². The lowest BCUT2D eigenvalue weighted by Gasteiger charge is -2.19. The third kappa shape index (κ3) is 4.17. The lowest BCUT2D eigenvalue weighted by molar-refractivity contribution is -0.122. The van der Waals surface area contributed by atoms with Gasteiger partial charge in [0.05, 0.1) is 17.3 Å². The van der Waals surface area contributed by atoms with Gasteiger partial charge in [0.15, 0.2) is 0 Å². The minimum atomic E-state index is -0.433. The van der Waals surface area contributed by atoms with E-state index in [1.807, 2.05) is 79.9 Å². The molecular formula is C25H23N5O2S. The highest BCUT2D eigenvalue weighted by atomic mass is 32.1. The molecule has 2 aromatic heterocycles. The molecule has 0 spiro atoms. The molecule has 7 nitrogen and oxygen atoms in total. The smallest absolute Gasteiger partial charge is 0.230 e. The van der Waals surface area contributed by atoms with Crippen LogP contribution in [0.25, 0.3) is 16.4 Å². The summed E-state index contributed by atoms with van der Waals surface area (Å²) >= 11 is 1.46. The Balaban J connectivity index is 1.35. The van der Waals surface area contributed by atoms with Gasteiger partial charge < -0.3 is 10.2 Å². The Hall–Kier alpha value is -3.78. The molecule has 1 aliphatic rings. The van der Waals surface area contributed by atoms with Gasteiger partial charge in [0.2, 0.25) is 16.9 Å². The summed E-state index contributed by atoms with van der Waals surface area (Å²) in [7, 11) is 0. The van der Waals surface area contributed by atoms with E-state index in [2.05, 4.69) is 10.4 Å². The van der Waals surface area contributed by atoms with Crippen LogP contribution in [0.3, 0.4) is 0 Å². The standard InChI is InChI=1S/C25H23N5O2S/c1-16-8-6-7-11-21(16)29-14-19(13-23(29)31)24(32)27-22-12-17(2)28-30(22)25-26-20(15-33-25)18-9-4-3-5-10-18/h3-12,15,19H,13-14H2,1-2H3,(H,27,32)/t19-/m0/s1. The first-order valence-corrected chi connectivity index (χ1v) is 11.6. The Morgan fingerprint density at radius 1 is 1.09 bits per heavy atom. The zero-order valence-electron chi connectivity index (χ0n) is 18.4. The number of benzene rings is 2. The Morgan fingerprint density at radius 3 is 2.64 bits per heavy atom. The molecule has 1 N–H and O–H groups in total. The Kier molecular flexibility index (Phi) is 5.51. The van der Waals surface area contributed by atoms with E-state index in [1.54, 1.807) is 9.58 Å². The van der Waals surface area contributed by atoms with Gasteiger partial charge >= 0.3 is 0 Å². The van der Waals surface area contributed by atoms with Gasteiger partial charge in [-0.15, -0.1) is 11.3 Å². The number of aryl methyl sites for hydroxylation is 2. The molecule has 2 aromatic carbocycles. The Bertz CT molecular complexity index is 1330. The molecule has 4 aromatic rings. The number of thiazole rings is 1. The molecule has 0 unspecified atom stereocenters. The highest BCUT2D eigenvalue weighted by Gasteiger charge is 2.36. The number of carbonyl (C=O) groups excluding carboxylic acids is 2. The number of rotatable bonds is 5. The van der Waals surface area contributed by atoms with E-state index in [0.717, 1.165) is 28.2 Å². The first kappa shape index (κ1) is 21.1. The van der Waals surface area contributed by atoms with Crippen molar-refractivity contribution in [3.05, 3.63) is 77.3 Å². The largest absolute Gasteiger partial charge is 0.311 e. The van der Waals surface area contributed by atoms with Crippen molar-refractivity contribution in [2.45, 2.75) is 20.3 Å². The van der Waals surface area contributed by atoms with Crippen LogP contribution in [0, 0.1) is 19.8 Å². The van der Waals surface area contributed by atoms with Crippen molar-refractivity contribution in [1.29, 1.82) is 0 Å².